The summed E-state index contributed by atoms with van der Waals surface area (Å²) in [4.78, 5) is 0. The third-order valence-corrected chi connectivity index (χ3v) is 1.37. The molecule has 0 heterocycles. The van der Waals surface area contributed by atoms with Gasteiger partial charge in [0.05, 0.1) is 12.9 Å². The van der Waals surface area contributed by atoms with Crippen molar-refractivity contribution in [1.29, 1.82) is 0 Å². The van der Waals surface area contributed by atoms with Gasteiger partial charge in [0.25, 0.3) is 0 Å². The Morgan fingerprint density at radius 3 is 2.55 bits per heavy atom. The lowest BCUT2D eigenvalue weighted by Gasteiger charge is -2.01. The van der Waals surface area contributed by atoms with Crippen LogP contribution in [0.25, 0.3) is 0 Å². The molecule has 0 aliphatic heterocycles. The molecule has 0 rings (SSSR count). The molecule has 2 nitrogen and oxygen atoms in total. The van der Waals surface area contributed by atoms with Crippen molar-refractivity contribution in [3.05, 3.63) is 12.8 Å². The first-order valence-corrected chi connectivity index (χ1v) is 4.22. The smallest absolute Gasteiger partial charge is 0.0873 e. The van der Waals surface area contributed by atoms with E-state index >= 15 is 0 Å². The second-order valence-corrected chi connectivity index (χ2v) is 2.30. The Morgan fingerprint density at radius 2 is 1.91 bits per heavy atom. The number of unbranched alkanes of at least 4 members (excludes halogenated alkanes) is 2. The molecule has 0 aromatic heterocycles. The van der Waals surface area contributed by atoms with Crippen molar-refractivity contribution in [2.75, 3.05) is 19.8 Å². The minimum Gasteiger partial charge on any atom is -0.502 e. The molecule has 0 unspecified atom stereocenters. The lowest BCUT2D eigenvalue weighted by atomic mass is 10.2. The van der Waals surface area contributed by atoms with Crippen molar-refractivity contribution in [3.8, 4) is 0 Å². The van der Waals surface area contributed by atoms with Crippen LogP contribution in [-0.4, -0.2) is 19.8 Å². The molecule has 66 valence electrons. The predicted molar refractivity (Wildman–Crippen MR) is 46.5 cm³/mol. The second kappa shape index (κ2) is 9.50. The molecule has 0 aromatic carbocycles. The second-order valence-electron chi connectivity index (χ2n) is 2.30. The highest BCUT2D eigenvalue weighted by molar-refractivity contribution is 4.49. The Hall–Kier alpha value is -0.500. The van der Waals surface area contributed by atoms with Gasteiger partial charge >= 0.3 is 0 Å². The van der Waals surface area contributed by atoms with Crippen molar-refractivity contribution in [3.63, 3.8) is 0 Å². The SMILES string of the molecule is C=COCCCCCOCC. The first-order valence-electron chi connectivity index (χ1n) is 4.22. The van der Waals surface area contributed by atoms with Crippen LogP contribution in [0.4, 0.5) is 0 Å². The number of ether oxygens (including phenoxy) is 2. The van der Waals surface area contributed by atoms with Gasteiger partial charge in [-0.05, 0) is 26.2 Å². The quantitative estimate of drug-likeness (QED) is 0.399. The Labute approximate surface area is 69.2 Å². The maximum Gasteiger partial charge on any atom is 0.0873 e. The molecule has 0 aliphatic rings. The summed E-state index contributed by atoms with van der Waals surface area (Å²) >= 11 is 0. The van der Waals surface area contributed by atoms with Crippen LogP contribution in [0.2, 0.25) is 0 Å². The van der Waals surface area contributed by atoms with Crippen LogP contribution in [0.3, 0.4) is 0 Å². The fraction of sp³-hybridized carbons (Fsp3) is 0.778. The fourth-order valence-corrected chi connectivity index (χ4v) is 0.794. The molecule has 0 saturated heterocycles. The van der Waals surface area contributed by atoms with E-state index < -0.39 is 0 Å². The van der Waals surface area contributed by atoms with Crippen LogP contribution in [0.5, 0.6) is 0 Å². The third-order valence-electron chi connectivity index (χ3n) is 1.37. The predicted octanol–water partition coefficient (Wildman–Crippen LogP) is 2.35. The van der Waals surface area contributed by atoms with Crippen molar-refractivity contribution < 1.29 is 9.47 Å². The molecule has 0 radical (unpaired) electrons. The van der Waals surface area contributed by atoms with Crippen molar-refractivity contribution in [2.45, 2.75) is 26.2 Å². The number of hydrogen-bond acceptors (Lipinski definition) is 2. The third kappa shape index (κ3) is 9.50. The fourth-order valence-electron chi connectivity index (χ4n) is 0.794. The minimum absolute atomic E-state index is 0.787. The summed E-state index contributed by atoms with van der Waals surface area (Å²) in [6, 6.07) is 0. The molecule has 0 bridgehead atoms. The van der Waals surface area contributed by atoms with Gasteiger partial charge in [0.15, 0.2) is 0 Å². The van der Waals surface area contributed by atoms with E-state index in [9.17, 15) is 0 Å². The monoisotopic (exact) mass is 158 g/mol. The summed E-state index contributed by atoms with van der Waals surface area (Å²) in [6.07, 6.45) is 4.89. The van der Waals surface area contributed by atoms with E-state index in [1.54, 1.807) is 0 Å². The van der Waals surface area contributed by atoms with Gasteiger partial charge in [-0.2, -0.15) is 0 Å². The molecular weight excluding hydrogens is 140 g/mol. The molecule has 0 aromatic rings. The topological polar surface area (TPSA) is 18.5 Å². The molecule has 0 spiro atoms. The summed E-state index contributed by atoms with van der Waals surface area (Å²) in [7, 11) is 0. The van der Waals surface area contributed by atoms with E-state index in [2.05, 4.69) is 6.58 Å². The maximum absolute atomic E-state index is 5.18. The zero-order valence-electron chi connectivity index (χ0n) is 7.34. The highest BCUT2D eigenvalue weighted by Crippen LogP contribution is 1.96. The molecule has 11 heavy (non-hydrogen) atoms. The van der Waals surface area contributed by atoms with Gasteiger partial charge in [-0.1, -0.05) is 6.58 Å². The van der Waals surface area contributed by atoms with Gasteiger partial charge in [0.1, 0.15) is 0 Å². The Balaban J connectivity index is 2.74. The summed E-state index contributed by atoms with van der Waals surface area (Å²) < 4.78 is 10.1. The summed E-state index contributed by atoms with van der Waals surface area (Å²) in [5.41, 5.74) is 0. The van der Waals surface area contributed by atoms with Crippen molar-refractivity contribution in [1.82, 2.24) is 0 Å². The van der Waals surface area contributed by atoms with Crippen LogP contribution in [0.1, 0.15) is 26.2 Å². The average Bonchev–Trinajstić information content (AvgIpc) is 2.03. The van der Waals surface area contributed by atoms with Crippen LogP contribution >= 0.6 is 0 Å². The van der Waals surface area contributed by atoms with E-state index in [1.807, 2.05) is 6.92 Å². The van der Waals surface area contributed by atoms with Gasteiger partial charge in [-0.15, -0.1) is 0 Å². The van der Waals surface area contributed by atoms with E-state index in [1.165, 1.54) is 12.7 Å². The molecular formula is C9H18O2. The molecule has 0 saturated carbocycles. The molecule has 2 heteroatoms. The Bertz CT molecular complexity index is 81.6. The summed E-state index contributed by atoms with van der Waals surface area (Å²) in [6.45, 7) is 7.97. The summed E-state index contributed by atoms with van der Waals surface area (Å²) in [5.74, 6) is 0. The average molecular weight is 158 g/mol. The zero-order chi connectivity index (χ0) is 8.36. The van der Waals surface area contributed by atoms with Crippen LogP contribution in [0.15, 0.2) is 12.8 Å². The van der Waals surface area contributed by atoms with Gasteiger partial charge in [-0.3, -0.25) is 0 Å². The zero-order valence-corrected chi connectivity index (χ0v) is 7.34. The van der Waals surface area contributed by atoms with Gasteiger partial charge in [-0.25, -0.2) is 0 Å². The van der Waals surface area contributed by atoms with Crippen LogP contribution in [0, 0.1) is 0 Å². The Kier molecular flexibility index (Phi) is 9.07. The molecule has 0 amide bonds. The Morgan fingerprint density at radius 1 is 1.18 bits per heavy atom. The number of rotatable bonds is 8. The lowest BCUT2D eigenvalue weighted by Crippen LogP contribution is -1.94. The van der Waals surface area contributed by atoms with Gasteiger partial charge < -0.3 is 9.47 Å². The lowest BCUT2D eigenvalue weighted by molar-refractivity contribution is 0.140. The van der Waals surface area contributed by atoms with Gasteiger partial charge in [0.2, 0.25) is 0 Å². The first-order chi connectivity index (χ1) is 5.41. The minimum atomic E-state index is 0.787. The van der Waals surface area contributed by atoms with E-state index in [0.29, 0.717) is 0 Å². The standard InChI is InChI=1S/C9H18O2/c1-3-10-8-6-5-7-9-11-4-2/h3H,1,4-9H2,2H3. The highest BCUT2D eigenvalue weighted by Gasteiger charge is 1.88. The van der Waals surface area contributed by atoms with Crippen molar-refractivity contribution in [2.24, 2.45) is 0 Å². The molecule has 0 N–H and O–H groups in total. The van der Waals surface area contributed by atoms with Crippen LogP contribution < -0.4 is 0 Å². The first kappa shape index (κ1) is 10.5. The highest BCUT2D eigenvalue weighted by atomic mass is 16.5. The number of hydrogen-bond donors (Lipinski definition) is 0. The van der Waals surface area contributed by atoms with Crippen LogP contribution in [-0.2, 0) is 9.47 Å². The largest absolute Gasteiger partial charge is 0.502 e. The molecule has 0 atom stereocenters. The van der Waals surface area contributed by atoms with Crippen molar-refractivity contribution >= 4 is 0 Å². The van der Waals surface area contributed by atoms with E-state index in [0.717, 1.165) is 32.7 Å². The summed E-state index contributed by atoms with van der Waals surface area (Å²) in [5, 5.41) is 0. The van der Waals surface area contributed by atoms with Gasteiger partial charge in [0, 0.05) is 13.2 Å². The normalized spacial score (nSPS) is 9.55. The maximum atomic E-state index is 5.18. The molecule has 0 aliphatic carbocycles. The molecule has 0 fully saturated rings. The van der Waals surface area contributed by atoms with E-state index in [4.69, 9.17) is 9.47 Å². The van der Waals surface area contributed by atoms with E-state index in [-0.39, 0.29) is 0 Å².